The molecule has 0 radical (unpaired) electrons. The third kappa shape index (κ3) is 2.87. The molecule has 0 saturated heterocycles. The molecule has 3 aromatic rings. The molecule has 26 heavy (non-hydrogen) atoms. The molecule has 136 valence electrons. The Morgan fingerprint density at radius 2 is 2.15 bits per heavy atom. The Morgan fingerprint density at radius 1 is 1.31 bits per heavy atom. The summed E-state index contributed by atoms with van der Waals surface area (Å²) in [6.07, 6.45) is 0.713. The summed E-state index contributed by atoms with van der Waals surface area (Å²) in [4.78, 5) is 19.8. The summed E-state index contributed by atoms with van der Waals surface area (Å²) in [7, 11) is 1.55. The van der Waals surface area contributed by atoms with Crippen molar-refractivity contribution in [2.24, 2.45) is 0 Å². The van der Waals surface area contributed by atoms with Gasteiger partial charge in [-0.3, -0.25) is 14.3 Å². The first-order valence-electron chi connectivity index (χ1n) is 8.63. The zero-order valence-corrected chi connectivity index (χ0v) is 15.7. The predicted octanol–water partition coefficient (Wildman–Crippen LogP) is 2.54. The van der Waals surface area contributed by atoms with Gasteiger partial charge in [-0.05, 0) is 23.9 Å². The van der Waals surface area contributed by atoms with Gasteiger partial charge in [-0.15, -0.1) is 11.3 Å². The van der Waals surface area contributed by atoms with E-state index in [0.717, 1.165) is 40.3 Å². The second-order valence-corrected chi connectivity index (χ2v) is 7.46. The molecule has 7 heteroatoms. The van der Waals surface area contributed by atoms with Crippen molar-refractivity contribution in [2.75, 3.05) is 20.2 Å². The van der Waals surface area contributed by atoms with E-state index in [1.807, 2.05) is 29.0 Å². The molecule has 0 fully saturated rings. The van der Waals surface area contributed by atoms with Crippen LogP contribution in [0.2, 0.25) is 0 Å². The fourth-order valence-corrected chi connectivity index (χ4v) is 4.39. The van der Waals surface area contributed by atoms with Gasteiger partial charge in [0.15, 0.2) is 11.5 Å². The minimum atomic E-state index is 0.0641. The van der Waals surface area contributed by atoms with E-state index in [-0.39, 0.29) is 11.3 Å². The summed E-state index contributed by atoms with van der Waals surface area (Å²) >= 11 is 1.47. The van der Waals surface area contributed by atoms with Crippen LogP contribution >= 0.6 is 11.3 Å². The summed E-state index contributed by atoms with van der Waals surface area (Å²) in [5.74, 6) is 1.51. The lowest BCUT2D eigenvalue weighted by atomic mass is 10.1. The van der Waals surface area contributed by atoms with Crippen LogP contribution in [0.1, 0.15) is 17.0 Å². The monoisotopic (exact) mass is 371 g/mol. The van der Waals surface area contributed by atoms with Crippen molar-refractivity contribution in [3.8, 4) is 11.5 Å². The SMILES string of the molecule is COc1cccc(CN2CCc3nc4c(C)csc4c(=O)n3CC2)c1O. The zero-order chi connectivity index (χ0) is 18.3. The maximum Gasteiger partial charge on any atom is 0.271 e. The molecule has 3 heterocycles. The Morgan fingerprint density at radius 3 is 2.96 bits per heavy atom. The molecule has 0 saturated carbocycles. The number of phenolic OH excluding ortho intramolecular Hbond substituents is 1. The molecular weight excluding hydrogens is 350 g/mol. The van der Waals surface area contributed by atoms with E-state index >= 15 is 0 Å². The number of nitrogens with zero attached hydrogens (tertiary/aromatic N) is 3. The lowest BCUT2D eigenvalue weighted by Crippen LogP contribution is -2.28. The number of benzene rings is 1. The van der Waals surface area contributed by atoms with E-state index < -0.39 is 0 Å². The van der Waals surface area contributed by atoms with Gasteiger partial charge in [0.2, 0.25) is 0 Å². The van der Waals surface area contributed by atoms with Gasteiger partial charge in [-0.2, -0.15) is 0 Å². The molecule has 1 N–H and O–H groups in total. The van der Waals surface area contributed by atoms with E-state index in [0.29, 0.717) is 25.3 Å². The summed E-state index contributed by atoms with van der Waals surface area (Å²) < 4.78 is 7.74. The second kappa shape index (κ2) is 6.74. The molecule has 1 aliphatic rings. The van der Waals surface area contributed by atoms with Crippen LogP contribution in [0, 0.1) is 6.92 Å². The third-order valence-corrected chi connectivity index (χ3v) is 6.00. The minimum Gasteiger partial charge on any atom is -0.504 e. The third-order valence-electron chi connectivity index (χ3n) is 4.92. The molecule has 0 aliphatic carbocycles. The number of para-hydroxylation sites is 1. The molecule has 0 bridgehead atoms. The van der Waals surface area contributed by atoms with Gasteiger partial charge in [0.25, 0.3) is 5.56 Å². The van der Waals surface area contributed by atoms with E-state index in [2.05, 4.69) is 4.90 Å². The summed E-state index contributed by atoms with van der Waals surface area (Å²) in [5, 5.41) is 12.3. The summed E-state index contributed by atoms with van der Waals surface area (Å²) in [6, 6.07) is 5.53. The van der Waals surface area contributed by atoms with Crippen molar-refractivity contribution in [2.45, 2.75) is 26.4 Å². The quantitative estimate of drug-likeness (QED) is 0.766. The number of methoxy groups -OCH3 is 1. The second-order valence-electron chi connectivity index (χ2n) is 6.58. The van der Waals surface area contributed by atoms with Crippen LogP contribution in [0.25, 0.3) is 10.2 Å². The first kappa shape index (κ1) is 17.1. The van der Waals surface area contributed by atoms with Crippen LogP contribution in [-0.4, -0.2) is 39.8 Å². The van der Waals surface area contributed by atoms with Crippen LogP contribution in [0.4, 0.5) is 0 Å². The largest absolute Gasteiger partial charge is 0.504 e. The Hall–Kier alpha value is -2.38. The molecule has 0 amide bonds. The average molecular weight is 371 g/mol. The van der Waals surface area contributed by atoms with Crippen molar-refractivity contribution < 1.29 is 9.84 Å². The lowest BCUT2D eigenvalue weighted by Gasteiger charge is -2.20. The summed E-state index contributed by atoms with van der Waals surface area (Å²) in [5.41, 5.74) is 2.79. The van der Waals surface area contributed by atoms with Gasteiger partial charge >= 0.3 is 0 Å². The Kier molecular flexibility index (Phi) is 4.42. The Labute approximate surface area is 155 Å². The first-order valence-corrected chi connectivity index (χ1v) is 9.51. The fraction of sp³-hybridized carbons (Fsp3) is 0.368. The van der Waals surface area contributed by atoms with Crippen molar-refractivity contribution in [1.82, 2.24) is 14.5 Å². The smallest absolute Gasteiger partial charge is 0.271 e. The normalized spacial score (nSPS) is 15.0. The van der Waals surface area contributed by atoms with E-state index in [9.17, 15) is 9.90 Å². The van der Waals surface area contributed by atoms with Gasteiger partial charge in [-0.1, -0.05) is 12.1 Å². The number of phenols is 1. The van der Waals surface area contributed by atoms with Gasteiger partial charge in [0, 0.05) is 38.2 Å². The van der Waals surface area contributed by atoms with Gasteiger partial charge in [0.1, 0.15) is 10.5 Å². The molecule has 1 aromatic carbocycles. The van der Waals surface area contributed by atoms with E-state index in [4.69, 9.17) is 9.72 Å². The van der Waals surface area contributed by atoms with Crippen molar-refractivity contribution >= 4 is 21.6 Å². The number of thiophene rings is 1. The molecule has 0 unspecified atom stereocenters. The number of rotatable bonds is 3. The van der Waals surface area contributed by atoms with Gasteiger partial charge < -0.3 is 9.84 Å². The van der Waals surface area contributed by atoms with Crippen LogP contribution < -0.4 is 10.3 Å². The molecule has 2 aromatic heterocycles. The standard InChI is InChI=1S/C19H21N3O3S/c1-12-11-26-18-16(12)20-15-6-7-21(8-9-22(15)19(18)24)10-13-4-3-5-14(25-2)17(13)23/h3-5,11,23H,6-10H2,1-2H3. The highest BCUT2D eigenvalue weighted by atomic mass is 32.1. The van der Waals surface area contributed by atoms with E-state index in [1.54, 1.807) is 13.2 Å². The maximum absolute atomic E-state index is 12.8. The first-order chi connectivity index (χ1) is 12.6. The van der Waals surface area contributed by atoms with Crippen LogP contribution in [0.3, 0.4) is 0 Å². The van der Waals surface area contributed by atoms with Crippen molar-refractivity contribution in [3.63, 3.8) is 0 Å². The Bertz CT molecular complexity index is 1020. The van der Waals surface area contributed by atoms with Gasteiger partial charge in [0.05, 0.1) is 12.6 Å². The fourth-order valence-electron chi connectivity index (χ4n) is 3.45. The van der Waals surface area contributed by atoms with Crippen molar-refractivity contribution in [1.29, 1.82) is 0 Å². The predicted molar refractivity (Wildman–Crippen MR) is 102 cm³/mol. The maximum atomic E-state index is 12.8. The molecule has 4 rings (SSSR count). The number of fused-ring (bicyclic) bond motifs is 2. The van der Waals surface area contributed by atoms with Crippen LogP contribution in [0.5, 0.6) is 11.5 Å². The highest BCUT2D eigenvalue weighted by Gasteiger charge is 2.20. The highest BCUT2D eigenvalue weighted by molar-refractivity contribution is 7.17. The number of hydrogen-bond donors (Lipinski definition) is 1. The molecule has 0 spiro atoms. The van der Waals surface area contributed by atoms with Crippen molar-refractivity contribution in [3.05, 3.63) is 50.9 Å². The number of hydrogen-bond acceptors (Lipinski definition) is 6. The topological polar surface area (TPSA) is 67.6 Å². The number of ether oxygens (including phenoxy) is 1. The lowest BCUT2D eigenvalue weighted by molar-refractivity contribution is 0.265. The van der Waals surface area contributed by atoms with Crippen LogP contribution in [0.15, 0.2) is 28.4 Å². The highest BCUT2D eigenvalue weighted by Crippen LogP contribution is 2.30. The summed E-state index contributed by atoms with van der Waals surface area (Å²) in [6.45, 7) is 4.74. The average Bonchev–Trinajstić information content (AvgIpc) is 2.88. The number of aromatic hydroxyl groups is 1. The van der Waals surface area contributed by atoms with Crippen LogP contribution in [-0.2, 0) is 19.5 Å². The number of aryl methyl sites for hydroxylation is 1. The van der Waals surface area contributed by atoms with Gasteiger partial charge in [-0.25, -0.2) is 4.98 Å². The molecule has 6 nitrogen and oxygen atoms in total. The minimum absolute atomic E-state index is 0.0641. The molecular formula is C19H21N3O3S. The molecule has 0 atom stereocenters. The number of aromatic nitrogens is 2. The van der Waals surface area contributed by atoms with E-state index in [1.165, 1.54) is 11.3 Å². The zero-order valence-electron chi connectivity index (χ0n) is 14.9. The molecule has 1 aliphatic heterocycles. The Balaban J connectivity index is 1.60.